The van der Waals surface area contributed by atoms with Crippen LogP contribution >= 0.6 is 11.8 Å². The van der Waals surface area contributed by atoms with Crippen molar-refractivity contribution < 1.29 is 18.0 Å². The van der Waals surface area contributed by atoms with Crippen LogP contribution in [0.3, 0.4) is 0 Å². The third-order valence-corrected chi connectivity index (χ3v) is 6.72. The highest BCUT2D eigenvalue weighted by atomic mass is 32.2. The van der Waals surface area contributed by atoms with E-state index in [0.29, 0.717) is 17.4 Å². The van der Waals surface area contributed by atoms with Crippen molar-refractivity contribution in [3.05, 3.63) is 54.6 Å². The van der Waals surface area contributed by atoms with E-state index in [-0.39, 0.29) is 16.7 Å². The van der Waals surface area contributed by atoms with E-state index >= 15 is 0 Å². The molecule has 1 saturated carbocycles. The van der Waals surface area contributed by atoms with Crippen LogP contribution in [0.1, 0.15) is 19.3 Å². The molecule has 2 unspecified atom stereocenters. The van der Waals surface area contributed by atoms with Gasteiger partial charge in [0, 0.05) is 34.2 Å². The van der Waals surface area contributed by atoms with Gasteiger partial charge >= 0.3 is 11.5 Å². The first-order valence-corrected chi connectivity index (χ1v) is 11.3. The Morgan fingerprint density at radius 3 is 2.44 bits per heavy atom. The minimum absolute atomic E-state index is 0.0617. The Morgan fingerprint density at radius 2 is 1.75 bits per heavy atom. The lowest BCUT2D eigenvalue weighted by molar-refractivity contribution is -0.0328. The predicted octanol–water partition coefficient (Wildman–Crippen LogP) is 6.48. The molecule has 32 heavy (non-hydrogen) atoms. The molecule has 2 aromatic carbocycles. The zero-order valence-electron chi connectivity index (χ0n) is 17.0. The van der Waals surface area contributed by atoms with Gasteiger partial charge < -0.3 is 15.5 Å². The summed E-state index contributed by atoms with van der Waals surface area (Å²) in [5, 5.41) is 6.30. The molecule has 1 aromatic heterocycles. The summed E-state index contributed by atoms with van der Waals surface area (Å²) in [6.07, 6.45) is 3.83. The molecule has 2 amide bonds. The number of carbonyl (C=O) groups is 1. The van der Waals surface area contributed by atoms with Gasteiger partial charge in [0.1, 0.15) is 5.82 Å². The normalized spacial score (nSPS) is 20.0. The summed E-state index contributed by atoms with van der Waals surface area (Å²) >= 11 is -0.193. The first kappa shape index (κ1) is 20.9. The number of halogens is 3. The maximum Gasteiger partial charge on any atom is 0.446 e. The van der Waals surface area contributed by atoms with E-state index in [4.69, 9.17) is 4.98 Å². The average Bonchev–Trinajstić information content (AvgIpc) is 3.37. The number of carbonyl (C=O) groups excluding carboxylic acids is 1. The summed E-state index contributed by atoms with van der Waals surface area (Å²) in [7, 11) is 0. The molecule has 1 aliphatic heterocycles. The molecule has 1 saturated heterocycles. The number of rotatable bonds is 4. The van der Waals surface area contributed by atoms with Crippen LogP contribution in [0.25, 0.3) is 10.9 Å². The Balaban J connectivity index is 1.23. The number of urea groups is 1. The van der Waals surface area contributed by atoms with Gasteiger partial charge in [-0.05, 0) is 91.5 Å². The number of benzene rings is 2. The number of pyridine rings is 1. The molecular weight excluding hydrogens is 437 g/mol. The van der Waals surface area contributed by atoms with Crippen LogP contribution in [-0.2, 0) is 0 Å². The number of anilines is 3. The van der Waals surface area contributed by atoms with Gasteiger partial charge in [-0.15, -0.1) is 0 Å². The lowest BCUT2D eigenvalue weighted by atomic mass is 10.1. The Kier molecular flexibility index (Phi) is 5.36. The molecule has 2 N–H and O–H groups in total. The van der Waals surface area contributed by atoms with E-state index in [1.54, 1.807) is 6.07 Å². The summed E-state index contributed by atoms with van der Waals surface area (Å²) in [6, 6.07) is 15.2. The molecule has 5 rings (SSSR count). The molecule has 2 atom stereocenters. The van der Waals surface area contributed by atoms with Crippen molar-refractivity contribution in [3.63, 3.8) is 0 Å². The van der Waals surface area contributed by atoms with Gasteiger partial charge in [-0.2, -0.15) is 13.2 Å². The highest BCUT2D eigenvalue weighted by molar-refractivity contribution is 8.00. The fourth-order valence-electron chi connectivity index (χ4n) is 4.59. The lowest BCUT2D eigenvalue weighted by Crippen LogP contribution is -2.32. The smallest absolute Gasteiger partial charge is 0.353 e. The summed E-state index contributed by atoms with van der Waals surface area (Å²) in [4.78, 5) is 19.6. The van der Waals surface area contributed by atoms with E-state index < -0.39 is 11.5 Å². The number of piperidine rings is 1. The SMILES string of the molecule is O=C(Nc1ccc(SC(F)(F)F)cc1)Nc1ccc2nc(N3CC4CCC3C4)ccc2c1. The number of aromatic nitrogens is 1. The van der Waals surface area contributed by atoms with Gasteiger partial charge in [0.05, 0.1) is 5.52 Å². The third kappa shape index (κ3) is 4.62. The number of fused-ring (bicyclic) bond motifs is 3. The van der Waals surface area contributed by atoms with Crippen LogP contribution < -0.4 is 15.5 Å². The van der Waals surface area contributed by atoms with Crippen LogP contribution in [0.2, 0.25) is 0 Å². The molecule has 2 heterocycles. The van der Waals surface area contributed by atoms with E-state index in [2.05, 4.69) is 15.5 Å². The minimum Gasteiger partial charge on any atom is -0.353 e. The highest BCUT2D eigenvalue weighted by Crippen LogP contribution is 2.40. The van der Waals surface area contributed by atoms with Crippen molar-refractivity contribution in [2.24, 2.45) is 5.92 Å². The van der Waals surface area contributed by atoms with Crippen LogP contribution in [0, 0.1) is 5.92 Å². The zero-order valence-corrected chi connectivity index (χ0v) is 17.8. The van der Waals surface area contributed by atoms with Gasteiger partial charge in [0.25, 0.3) is 0 Å². The van der Waals surface area contributed by atoms with Gasteiger partial charge in [0.15, 0.2) is 0 Å². The summed E-state index contributed by atoms with van der Waals surface area (Å²) in [5.74, 6) is 1.80. The second-order valence-corrected chi connectivity index (χ2v) is 9.35. The van der Waals surface area contributed by atoms with Crippen molar-refractivity contribution >= 4 is 45.9 Å². The molecule has 9 heteroatoms. The standard InChI is InChI=1S/C23H21F3N4OS/c24-23(25,26)32-19-7-3-16(4-8-19)27-22(31)28-17-5-9-20-15(12-17)2-10-21(29-20)30-13-14-1-6-18(30)11-14/h2-5,7-10,12,14,18H,1,6,11,13H2,(H2,27,28,31). The highest BCUT2D eigenvalue weighted by Gasteiger charge is 2.38. The zero-order chi connectivity index (χ0) is 22.3. The van der Waals surface area contributed by atoms with Crippen LogP contribution in [0.4, 0.5) is 35.2 Å². The van der Waals surface area contributed by atoms with E-state index in [9.17, 15) is 18.0 Å². The summed E-state index contributed by atoms with van der Waals surface area (Å²) in [5.41, 5.74) is -2.46. The monoisotopic (exact) mass is 458 g/mol. The predicted molar refractivity (Wildman–Crippen MR) is 121 cm³/mol. The molecule has 3 aromatic rings. The third-order valence-electron chi connectivity index (χ3n) is 5.98. The first-order valence-electron chi connectivity index (χ1n) is 10.4. The molecular formula is C23H21F3N4OS. The van der Waals surface area contributed by atoms with Crippen LogP contribution in [0.5, 0.6) is 0 Å². The van der Waals surface area contributed by atoms with Crippen molar-refractivity contribution in [2.75, 3.05) is 22.1 Å². The van der Waals surface area contributed by atoms with Gasteiger partial charge in [-0.3, -0.25) is 0 Å². The summed E-state index contributed by atoms with van der Waals surface area (Å²) < 4.78 is 37.3. The number of nitrogens with zero attached hydrogens (tertiary/aromatic N) is 2. The largest absolute Gasteiger partial charge is 0.446 e. The van der Waals surface area contributed by atoms with Gasteiger partial charge in [-0.1, -0.05) is 0 Å². The maximum atomic E-state index is 12.4. The number of alkyl halides is 3. The van der Waals surface area contributed by atoms with Crippen molar-refractivity contribution in [2.45, 2.75) is 35.7 Å². The van der Waals surface area contributed by atoms with Gasteiger partial charge in [-0.25, -0.2) is 9.78 Å². The van der Waals surface area contributed by atoms with Crippen molar-refractivity contribution in [3.8, 4) is 0 Å². The van der Waals surface area contributed by atoms with Crippen molar-refractivity contribution in [1.82, 2.24) is 4.98 Å². The minimum atomic E-state index is -4.34. The second-order valence-electron chi connectivity index (χ2n) is 8.21. The van der Waals surface area contributed by atoms with Crippen LogP contribution in [-0.4, -0.2) is 29.1 Å². The molecule has 5 nitrogen and oxygen atoms in total. The van der Waals surface area contributed by atoms with Crippen molar-refractivity contribution in [1.29, 1.82) is 0 Å². The van der Waals surface area contributed by atoms with E-state index in [1.807, 2.05) is 24.3 Å². The average molecular weight is 459 g/mol. The molecule has 166 valence electrons. The Hall–Kier alpha value is -2.94. The summed E-state index contributed by atoms with van der Waals surface area (Å²) in [6.45, 7) is 1.08. The molecule has 2 aliphatic rings. The fraction of sp³-hybridized carbons (Fsp3) is 0.304. The molecule has 0 radical (unpaired) electrons. The number of nitrogens with one attached hydrogen (secondary N) is 2. The van der Waals surface area contributed by atoms with Crippen LogP contribution in [0.15, 0.2) is 59.5 Å². The van der Waals surface area contributed by atoms with E-state index in [0.717, 1.165) is 29.2 Å². The topological polar surface area (TPSA) is 57.3 Å². The Bertz CT molecular complexity index is 1150. The molecule has 2 bridgehead atoms. The number of thioether (sulfide) groups is 1. The Morgan fingerprint density at radius 1 is 1.00 bits per heavy atom. The maximum absolute atomic E-state index is 12.4. The quantitative estimate of drug-likeness (QED) is 0.440. The lowest BCUT2D eigenvalue weighted by Gasteiger charge is -2.28. The van der Waals surface area contributed by atoms with E-state index in [1.165, 1.54) is 43.5 Å². The second kappa shape index (κ2) is 8.20. The fourth-order valence-corrected chi connectivity index (χ4v) is 5.13. The molecule has 0 spiro atoms. The number of hydrogen-bond acceptors (Lipinski definition) is 4. The molecule has 2 fully saturated rings. The Labute approximate surface area is 187 Å². The number of amides is 2. The van der Waals surface area contributed by atoms with Gasteiger partial charge in [0.2, 0.25) is 0 Å². The first-order chi connectivity index (χ1) is 15.3. The molecule has 1 aliphatic carbocycles. The number of hydrogen-bond donors (Lipinski definition) is 2.